The Labute approximate surface area is 185 Å². The second-order valence-electron chi connectivity index (χ2n) is 7.09. The van der Waals surface area contributed by atoms with Crippen LogP contribution >= 0.6 is 11.3 Å². The number of rotatable bonds is 7. The highest BCUT2D eigenvalue weighted by Gasteiger charge is 2.24. The van der Waals surface area contributed by atoms with Crippen LogP contribution in [0.5, 0.6) is 23.0 Å². The summed E-state index contributed by atoms with van der Waals surface area (Å²) in [6, 6.07) is 9.20. The summed E-state index contributed by atoms with van der Waals surface area (Å²) in [5.41, 5.74) is 5.41. The van der Waals surface area contributed by atoms with Crippen molar-refractivity contribution in [1.82, 2.24) is 9.88 Å². The van der Waals surface area contributed by atoms with Crippen LogP contribution in [0.15, 0.2) is 41.2 Å². The SMILES string of the molecule is COc1cc2c(cc1OC)CN(C(=O)c1ccc(OCc3cscn3)c(OC)c1)CC2. The van der Waals surface area contributed by atoms with Gasteiger partial charge >= 0.3 is 0 Å². The zero-order chi connectivity index (χ0) is 21.8. The summed E-state index contributed by atoms with van der Waals surface area (Å²) in [6.45, 7) is 1.49. The van der Waals surface area contributed by atoms with Crippen molar-refractivity contribution in [2.75, 3.05) is 27.9 Å². The summed E-state index contributed by atoms with van der Waals surface area (Å²) in [4.78, 5) is 19.2. The van der Waals surface area contributed by atoms with Crippen molar-refractivity contribution in [2.24, 2.45) is 0 Å². The number of aromatic nitrogens is 1. The first-order valence-electron chi connectivity index (χ1n) is 9.84. The zero-order valence-corrected chi connectivity index (χ0v) is 18.5. The maximum atomic E-state index is 13.2. The Balaban J connectivity index is 1.50. The van der Waals surface area contributed by atoms with Gasteiger partial charge in [0, 0.05) is 24.0 Å². The molecule has 2 aromatic carbocycles. The van der Waals surface area contributed by atoms with E-state index in [4.69, 9.17) is 18.9 Å². The van der Waals surface area contributed by atoms with E-state index in [1.54, 1.807) is 45.0 Å². The predicted molar refractivity (Wildman–Crippen MR) is 117 cm³/mol. The number of hydrogen-bond donors (Lipinski definition) is 0. The van der Waals surface area contributed by atoms with Gasteiger partial charge < -0.3 is 23.8 Å². The molecule has 0 radical (unpaired) electrons. The van der Waals surface area contributed by atoms with Gasteiger partial charge in [-0.15, -0.1) is 11.3 Å². The van der Waals surface area contributed by atoms with Gasteiger partial charge in [0.2, 0.25) is 0 Å². The van der Waals surface area contributed by atoms with Gasteiger partial charge in [-0.1, -0.05) is 0 Å². The van der Waals surface area contributed by atoms with Crippen molar-refractivity contribution >= 4 is 17.2 Å². The molecule has 1 amide bonds. The molecule has 0 bridgehead atoms. The molecule has 0 atom stereocenters. The standard InChI is InChI=1S/C23H24N2O5S/c1-27-20-9-16(4-5-19(20)30-12-18-13-31-14-24-18)23(26)25-7-6-15-8-21(28-2)22(29-3)10-17(15)11-25/h4-5,8-10,13-14H,6-7,11-12H2,1-3H3. The summed E-state index contributed by atoms with van der Waals surface area (Å²) in [5.74, 6) is 2.42. The third-order valence-electron chi connectivity index (χ3n) is 5.27. The number of nitrogens with zero attached hydrogens (tertiary/aromatic N) is 2. The second kappa shape index (κ2) is 9.26. The first-order valence-corrected chi connectivity index (χ1v) is 10.8. The van der Waals surface area contributed by atoms with E-state index >= 15 is 0 Å². The zero-order valence-electron chi connectivity index (χ0n) is 17.7. The molecule has 0 spiro atoms. The third-order valence-corrected chi connectivity index (χ3v) is 5.91. The van der Waals surface area contributed by atoms with Gasteiger partial charge in [-0.05, 0) is 47.9 Å². The average Bonchev–Trinajstić information content (AvgIpc) is 3.34. The molecule has 0 aliphatic carbocycles. The topological polar surface area (TPSA) is 70.1 Å². The van der Waals surface area contributed by atoms with Crippen LogP contribution in [0.3, 0.4) is 0 Å². The molecule has 31 heavy (non-hydrogen) atoms. The molecule has 7 nitrogen and oxygen atoms in total. The number of benzene rings is 2. The molecule has 1 aromatic heterocycles. The van der Waals surface area contributed by atoms with Gasteiger partial charge in [0.05, 0.1) is 32.5 Å². The minimum absolute atomic E-state index is 0.0511. The van der Waals surface area contributed by atoms with Gasteiger partial charge in [-0.25, -0.2) is 4.98 Å². The summed E-state index contributed by atoms with van der Waals surface area (Å²) in [7, 11) is 4.80. The minimum atomic E-state index is -0.0511. The van der Waals surface area contributed by atoms with Crippen molar-refractivity contribution in [2.45, 2.75) is 19.6 Å². The molecule has 0 saturated heterocycles. The Morgan fingerprint density at radius 3 is 2.39 bits per heavy atom. The number of methoxy groups -OCH3 is 3. The van der Waals surface area contributed by atoms with Gasteiger partial charge in [-0.2, -0.15) is 0 Å². The fourth-order valence-electron chi connectivity index (χ4n) is 3.62. The Bertz CT molecular complexity index is 1070. The van der Waals surface area contributed by atoms with Crippen LogP contribution in [0.1, 0.15) is 27.2 Å². The first-order chi connectivity index (χ1) is 15.1. The van der Waals surface area contributed by atoms with Crippen molar-refractivity contribution in [3.05, 3.63) is 63.6 Å². The lowest BCUT2D eigenvalue weighted by Crippen LogP contribution is -2.36. The largest absolute Gasteiger partial charge is 0.493 e. The molecule has 162 valence electrons. The van der Waals surface area contributed by atoms with E-state index in [-0.39, 0.29) is 5.91 Å². The van der Waals surface area contributed by atoms with E-state index in [9.17, 15) is 4.79 Å². The Morgan fingerprint density at radius 2 is 1.71 bits per heavy atom. The highest BCUT2D eigenvalue weighted by atomic mass is 32.1. The van der Waals surface area contributed by atoms with E-state index in [2.05, 4.69) is 4.98 Å². The van der Waals surface area contributed by atoms with Crippen molar-refractivity contribution < 1.29 is 23.7 Å². The average molecular weight is 441 g/mol. The molecular weight excluding hydrogens is 416 g/mol. The molecule has 1 aliphatic heterocycles. The summed E-state index contributed by atoms with van der Waals surface area (Å²) < 4.78 is 22.1. The molecule has 2 heterocycles. The van der Waals surface area contributed by atoms with Crippen LogP contribution in [-0.4, -0.2) is 43.7 Å². The summed E-state index contributed by atoms with van der Waals surface area (Å²) in [6.07, 6.45) is 0.757. The molecule has 8 heteroatoms. The van der Waals surface area contributed by atoms with Crippen LogP contribution in [0, 0.1) is 0 Å². The van der Waals surface area contributed by atoms with Crippen molar-refractivity contribution in [3.63, 3.8) is 0 Å². The normalized spacial score (nSPS) is 12.8. The number of fused-ring (bicyclic) bond motifs is 1. The Hall–Kier alpha value is -3.26. The number of carbonyl (C=O) groups is 1. The van der Waals surface area contributed by atoms with Crippen LogP contribution < -0.4 is 18.9 Å². The third kappa shape index (κ3) is 4.44. The van der Waals surface area contributed by atoms with Gasteiger partial charge in [-0.3, -0.25) is 4.79 Å². The van der Waals surface area contributed by atoms with E-state index in [1.165, 1.54) is 16.9 Å². The Kier molecular flexibility index (Phi) is 6.27. The molecule has 1 aliphatic rings. The molecule has 0 unspecified atom stereocenters. The molecule has 0 fully saturated rings. The number of hydrogen-bond acceptors (Lipinski definition) is 7. The van der Waals surface area contributed by atoms with Crippen LogP contribution in [0.25, 0.3) is 0 Å². The molecular formula is C23H24N2O5S. The highest BCUT2D eigenvalue weighted by molar-refractivity contribution is 7.07. The summed E-state index contributed by atoms with van der Waals surface area (Å²) >= 11 is 1.52. The van der Waals surface area contributed by atoms with Gasteiger partial charge in [0.15, 0.2) is 23.0 Å². The van der Waals surface area contributed by atoms with E-state index in [0.717, 1.165) is 17.7 Å². The van der Waals surface area contributed by atoms with E-state index < -0.39 is 0 Å². The molecule has 0 N–H and O–H groups in total. The van der Waals surface area contributed by atoms with Crippen LogP contribution in [0.4, 0.5) is 0 Å². The van der Waals surface area contributed by atoms with Crippen LogP contribution in [-0.2, 0) is 19.6 Å². The lowest BCUT2D eigenvalue weighted by Gasteiger charge is -2.30. The van der Waals surface area contributed by atoms with Gasteiger partial charge in [0.1, 0.15) is 6.61 Å². The monoisotopic (exact) mass is 440 g/mol. The number of ether oxygens (including phenoxy) is 4. The van der Waals surface area contributed by atoms with Crippen LogP contribution in [0.2, 0.25) is 0 Å². The van der Waals surface area contributed by atoms with E-state index in [0.29, 0.717) is 48.3 Å². The van der Waals surface area contributed by atoms with Crippen molar-refractivity contribution in [1.29, 1.82) is 0 Å². The number of thiazole rings is 1. The fourth-order valence-corrected chi connectivity index (χ4v) is 4.16. The first kappa shape index (κ1) is 21.0. The maximum Gasteiger partial charge on any atom is 0.254 e. The minimum Gasteiger partial charge on any atom is -0.493 e. The smallest absolute Gasteiger partial charge is 0.254 e. The quantitative estimate of drug-likeness (QED) is 0.554. The number of carbonyl (C=O) groups excluding carboxylic acids is 1. The predicted octanol–water partition coefficient (Wildman–Crippen LogP) is 3.95. The lowest BCUT2D eigenvalue weighted by atomic mass is 9.98. The molecule has 4 rings (SSSR count). The summed E-state index contributed by atoms with van der Waals surface area (Å²) in [5, 5.41) is 1.93. The van der Waals surface area contributed by atoms with Crippen molar-refractivity contribution in [3.8, 4) is 23.0 Å². The van der Waals surface area contributed by atoms with Gasteiger partial charge in [0.25, 0.3) is 5.91 Å². The fraction of sp³-hybridized carbons (Fsp3) is 0.304. The Morgan fingerprint density at radius 1 is 1.00 bits per heavy atom. The maximum absolute atomic E-state index is 13.2. The number of amides is 1. The lowest BCUT2D eigenvalue weighted by molar-refractivity contribution is 0.0734. The molecule has 0 saturated carbocycles. The highest BCUT2D eigenvalue weighted by Crippen LogP contribution is 2.34. The second-order valence-corrected chi connectivity index (χ2v) is 7.81. The molecule has 3 aromatic rings. The van der Waals surface area contributed by atoms with E-state index in [1.807, 2.05) is 22.4 Å².